The lowest BCUT2D eigenvalue weighted by atomic mass is 10.2. The summed E-state index contributed by atoms with van der Waals surface area (Å²) < 4.78 is 0. The topological polar surface area (TPSA) is 60.9 Å². The van der Waals surface area contributed by atoms with Gasteiger partial charge in [0, 0.05) is 34.2 Å². The van der Waals surface area contributed by atoms with Crippen LogP contribution in [0.15, 0.2) is 0 Å². The molecular formula is C10H20N2O3. The first-order chi connectivity index (χ1) is 6.99. The summed E-state index contributed by atoms with van der Waals surface area (Å²) in [5.41, 5.74) is 0. The summed E-state index contributed by atoms with van der Waals surface area (Å²) in [7, 11) is 4.93. The molecule has 2 amide bonds. The predicted octanol–water partition coefficient (Wildman–Crippen LogP) is -0.304. The third kappa shape index (κ3) is 6.06. The van der Waals surface area contributed by atoms with Crippen LogP contribution in [0.1, 0.15) is 19.3 Å². The number of amides is 2. The second-order valence-electron chi connectivity index (χ2n) is 3.72. The quantitative estimate of drug-likeness (QED) is 0.620. The Hall–Kier alpha value is -1.10. The largest absolute Gasteiger partial charge is 0.396 e. The Morgan fingerprint density at radius 3 is 2.13 bits per heavy atom. The van der Waals surface area contributed by atoms with Gasteiger partial charge in [-0.2, -0.15) is 0 Å². The number of carbonyl (C=O) groups is 2. The lowest BCUT2D eigenvalue weighted by molar-refractivity contribution is -0.138. The van der Waals surface area contributed by atoms with Crippen LogP contribution in [-0.2, 0) is 9.59 Å². The van der Waals surface area contributed by atoms with Crippen molar-refractivity contribution in [3.63, 3.8) is 0 Å². The van der Waals surface area contributed by atoms with E-state index in [1.165, 1.54) is 9.80 Å². The number of hydrogen-bond donors (Lipinski definition) is 1. The smallest absolute Gasteiger partial charge is 0.241 e. The molecule has 5 nitrogen and oxygen atoms in total. The van der Waals surface area contributed by atoms with Crippen molar-refractivity contribution in [3.8, 4) is 0 Å². The molecule has 5 heteroatoms. The Balaban J connectivity index is 3.83. The van der Waals surface area contributed by atoms with Crippen LogP contribution < -0.4 is 0 Å². The summed E-state index contributed by atoms with van der Waals surface area (Å²) in [5, 5.41) is 8.55. The van der Waals surface area contributed by atoms with E-state index in [-0.39, 0.29) is 25.0 Å². The van der Waals surface area contributed by atoms with Crippen LogP contribution in [-0.4, -0.2) is 61.0 Å². The fraction of sp³-hybridized carbons (Fsp3) is 0.800. The molecule has 0 bridgehead atoms. The molecule has 0 saturated carbocycles. The zero-order chi connectivity index (χ0) is 11.8. The first-order valence-corrected chi connectivity index (χ1v) is 5.04. The van der Waals surface area contributed by atoms with Gasteiger partial charge in [-0.25, -0.2) is 0 Å². The summed E-state index contributed by atoms with van der Waals surface area (Å²) >= 11 is 0. The van der Waals surface area contributed by atoms with Crippen molar-refractivity contribution in [2.45, 2.75) is 19.3 Å². The minimum Gasteiger partial charge on any atom is -0.396 e. The summed E-state index contributed by atoms with van der Waals surface area (Å²) in [6.07, 6.45) is 1.68. The van der Waals surface area contributed by atoms with Gasteiger partial charge < -0.3 is 14.9 Å². The molecule has 0 aliphatic carbocycles. The molecule has 0 aromatic heterocycles. The summed E-state index contributed by atoms with van der Waals surface area (Å²) in [6, 6.07) is 0. The SMILES string of the molecule is CN(C)C(=O)CN(C)C(=O)CCCCO. The van der Waals surface area contributed by atoms with Crippen molar-refractivity contribution in [1.82, 2.24) is 9.80 Å². The third-order valence-electron chi connectivity index (χ3n) is 2.10. The van der Waals surface area contributed by atoms with Crippen LogP contribution in [0.5, 0.6) is 0 Å². The van der Waals surface area contributed by atoms with E-state index in [1.54, 1.807) is 21.1 Å². The molecule has 0 rings (SSSR count). The summed E-state index contributed by atoms with van der Waals surface area (Å²) in [6.45, 7) is 0.221. The van der Waals surface area contributed by atoms with Crippen molar-refractivity contribution in [3.05, 3.63) is 0 Å². The van der Waals surface area contributed by atoms with Crippen LogP contribution in [0, 0.1) is 0 Å². The summed E-state index contributed by atoms with van der Waals surface area (Å²) in [5.74, 6) is -0.147. The van der Waals surface area contributed by atoms with Crippen LogP contribution in [0.25, 0.3) is 0 Å². The highest BCUT2D eigenvalue weighted by Crippen LogP contribution is 1.99. The number of aliphatic hydroxyl groups excluding tert-OH is 1. The number of carbonyl (C=O) groups excluding carboxylic acids is 2. The molecule has 0 aliphatic heterocycles. The first kappa shape index (κ1) is 13.9. The van der Waals surface area contributed by atoms with Gasteiger partial charge in [0.05, 0.1) is 6.54 Å². The maximum Gasteiger partial charge on any atom is 0.241 e. The van der Waals surface area contributed by atoms with E-state index in [0.29, 0.717) is 19.3 Å². The van der Waals surface area contributed by atoms with Gasteiger partial charge in [-0.05, 0) is 12.8 Å². The minimum absolute atomic E-state index is 0.0568. The number of unbranched alkanes of at least 4 members (excludes halogenated alkanes) is 1. The molecule has 15 heavy (non-hydrogen) atoms. The number of rotatable bonds is 6. The molecule has 0 spiro atoms. The van der Waals surface area contributed by atoms with E-state index in [0.717, 1.165) is 0 Å². The van der Waals surface area contributed by atoms with E-state index in [9.17, 15) is 9.59 Å². The minimum atomic E-state index is -0.0898. The molecular weight excluding hydrogens is 196 g/mol. The number of likely N-dealkylation sites (N-methyl/N-ethyl adjacent to an activating group) is 2. The lowest BCUT2D eigenvalue weighted by Crippen LogP contribution is -2.37. The van der Waals surface area contributed by atoms with Crippen molar-refractivity contribution >= 4 is 11.8 Å². The zero-order valence-electron chi connectivity index (χ0n) is 9.69. The van der Waals surface area contributed by atoms with Gasteiger partial charge in [0.25, 0.3) is 0 Å². The highest BCUT2D eigenvalue weighted by molar-refractivity contribution is 5.84. The molecule has 0 heterocycles. The van der Waals surface area contributed by atoms with E-state index in [1.807, 2.05) is 0 Å². The van der Waals surface area contributed by atoms with Crippen molar-refractivity contribution in [2.75, 3.05) is 34.3 Å². The highest BCUT2D eigenvalue weighted by Gasteiger charge is 2.13. The van der Waals surface area contributed by atoms with Crippen molar-refractivity contribution < 1.29 is 14.7 Å². The molecule has 0 atom stereocenters. The molecule has 0 unspecified atom stereocenters. The fourth-order valence-corrected chi connectivity index (χ4v) is 1.01. The Morgan fingerprint density at radius 1 is 1.07 bits per heavy atom. The standard InChI is InChI=1S/C10H20N2O3/c1-11(2)10(15)8-12(3)9(14)6-4-5-7-13/h13H,4-8H2,1-3H3. The van der Waals surface area contributed by atoms with Crippen LogP contribution >= 0.6 is 0 Å². The number of aliphatic hydroxyl groups is 1. The summed E-state index contributed by atoms with van der Waals surface area (Å²) in [4.78, 5) is 25.6. The normalized spacial score (nSPS) is 9.87. The zero-order valence-corrected chi connectivity index (χ0v) is 9.69. The van der Waals surface area contributed by atoms with Gasteiger partial charge >= 0.3 is 0 Å². The van der Waals surface area contributed by atoms with Crippen LogP contribution in [0.3, 0.4) is 0 Å². The maximum atomic E-state index is 11.4. The van der Waals surface area contributed by atoms with Gasteiger partial charge in [-0.15, -0.1) is 0 Å². The van der Waals surface area contributed by atoms with Gasteiger partial charge in [0.2, 0.25) is 11.8 Å². The highest BCUT2D eigenvalue weighted by atomic mass is 16.3. The molecule has 0 aromatic rings. The van der Waals surface area contributed by atoms with Crippen molar-refractivity contribution in [2.24, 2.45) is 0 Å². The third-order valence-corrected chi connectivity index (χ3v) is 2.10. The van der Waals surface area contributed by atoms with Crippen LogP contribution in [0.4, 0.5) is 0 Å². The van der Waals surface area contributed by atoms with Gasteiger partial charge in [0.1, 0.15) is 0 Å². The fourth-order valence-electron chi connectivity index (χ4n) is 1.01. The van der Waals surface area contributed by atoms with Crippen molar-refractivity contribution in [1.29, 1.82) is 0 Å². The van der Waals surface area contributed by atoms with E-state index in [4.69, 9.17) is 5.11 Å². The molecule has 0 aliphatic rings. The average molecular weight is 216 g/mol. The molecule has 0 radical (unpaired) electrons. The monoisotopic (exact) mass is 216 g/mol. The van der Waals surface area contributed by atoms with E-state index >= 15 is 0 Å². The Bertz CT molecular complexity index is 217. The molecule has 0 saturated heterocycles. The predicted molar refractivity (Wildman–Crippen MR) is 57.3 cm³/mol. The molecule has 0 aromatic carbocycles. The Morgan fingerprint density at radius 2 is 1.67 bits per heavy atom. The first-order valence-electron chi connectivity index (χ1n) is 5.04. The second kappa shape index (κ2) is 7.23. The lowest BCUT2D eigenvalue weighted by Gasteiger charge is -2.19. The van der Waals surface area contributed by atoms with Gasteiger partial charge in [-0.1, -0.05) is 0 Å². The molecule has 1 N–H and O–H groups in total. The average Bonchev–Trinajstić information content (AvgIpc) is 2.17. The Kier molecular flexibility index (Phi) is 6.70. The molecule has 0 fully saturated rings. The van der Waals surface area contributed by atoms with Crippen LogP contribution in [0.2, 0.25) is 0 Å². The van der Waals surface area contributed by atoms with E-state index < -0.39 is 0 Å². The number of nitrogens with zero attached hydrogens (tertiary/aromatic N) is 2. The van der Waals surface area contributed by atoms with Gasteiger partial charge in [-0.3, -0.25) is 9.59 Å². The second-order valence-corrected chi connectivity index (χ2v) is 3.72. The van der Waals surface area contributed by atoms with Gasteiger partial charge in [0.15, 0.2) is 0 Å². The maximum absolute atomic E-state index is 11.4. The molecule has 88 valence electrons. The number of hydrogen-bond acceptors (Lipinski definition) is 3. The Labute approximate surface area is 90.7 Å². The van der Waals surface area contributed by atoms with E-state index in [2.05, 4.69) is 0 Å².